The van der Waals surface area contributed by atoms with Crippen molar-refractivity contribution in [2.75, 3.05) is 26.2 Å². The highest BCUT2D eigenvalue weighted by molar-refractivity contribution is 7.09. The lowest BCUT2D eigenvalue weighted by Crippen LogP contribution is -2.47. The second-order valence-electron chi connectivity index (χ2n) is 6.18. The maximum absolute atomic E-state index is 5.85. The molecule has 112 valence electrons. The molecule has 0 unspecified atom stereocenters. The Kier molecular flexibility index (Phi) is 4.71. The van der Waals surface area contributed by atoms with Gasteiger partial charge in [-0.25, -0.2) is 4.98 Å². The molecule has 5 heteroatoms. The molecule has 0 spiro atoms. The van der Waals surface area contributed by atoms with E-state index in [9.17, 15) is 0 Å². The van der Waals surface area contributed by atoms with Crippen LogP contribution in [0.4, 0.5) is 0 Å². The molecule has 0 bridgehead atoms. The normalized spacial score (nSPS) is 24.4. The zero-order chi connectivity index (χ0) is 13.9. The highest BCUT2D eigenvalue weighted by atomic mass is 32.1. The highest BCUT2D eigenvalue weighted by Crippen LogP contribution is 2.28. The van der Waals surface area contributed by atoms with Gasteiger partial charge in [0, 0.05) is 43.5 Å². The summed E-state index contributed by atoms with van der Waals surface area (Å²) >= 11 is 1.77. The smallest absolute Gasteiger partial charge is 0.0954 e. The summed E-state index contributed by atoms with van der Waals surface area (Å²) in [5, 5.41) is 6.90. The minimum Gasteiger partial charge on any atom is -0.374 e. The zero-order valence-corrected chi connectivity index (χ0v) is 13.3. The zero-order valence-electron chi connectivity index (χ0n) is 12.5. The van der Waals surface area contributed by atoms with E-state index in [2.05, 4.69) is 34.4 Å². The van der Waals surface area contributed by atoms with Crippen LogP contribution in [0, 0.1) is 0 Å². The largest absolute Gasteiger partial charge is 0.374 e. The fourth-order valence-electron chi connectivity index (χ4n) is 2.67. The fraction of sp³-hybridized carbons (Fsp3) is 0.800. The van der Waals surface area contributed by atoms with Crippen molar-refractivity contribution in [2.24, 2.45) is 0 Å². The molecule has 2 aliphatic rings. The van der Waals surface area contributed by atoms with E-state index < -0.39 is 0 Å². The van der Waals surface area contributed by atoms with Gasteiger partial charge >= 0.3 is 0 Å². The Hall–Kier alpha value is -0.490. The Bertz CT molecular complexity index is 431. The molecule has 0 amide bonds. The number of rotatable bonds is 6. The predicted molar refractivity (Wildman–Crippen MR) is 82.2 cm³/mol. The van der Waals surface area contributed by atoms with Crippen LogP contribution in [0.25, 0.3) is 0 Å². The van der Waals surface area contributed by atoms with Gasteiger partial charge in [-0.3, -0.25) is 4.90 Å². The van der Waals surface area contributed by atoms with Gasteiger partial charge < -0.3 is 10.1 Å². The third-order valence-electron chi connectivity index (χ3n) is 3.98. The average molecular weight is 295 g/mol. The van der Waals surface area contributed by atoms with Gasteiger partial charge in [0.05, 0.1) is 23.4 Å². The highest BCUT2D eigenvalue weighted by Gasteiger charge is 2.32. The average Bonchev–Trinajstić information content (AvgIpc) is 3.18. The number of morpholine rings is 1. The molecule has 1 saturated carbocycles. The van der Waals surface area contributed by atoms with Crippen LogP contribution in [0.2, 0.25) is 0 Å². The van der Waals surface area contributed by atoms with E-state index in [-0.39, 0.29) is 0 Å². The number of hydrogen-bond acceptors (Lipinski definition) is 5. The van der Waals surface area contributed by atoms with Crippen LogP contribution < -0.4 is 5.32 Å². The Morgan fingerprint density at radius 3 is 3.05 bits per heavy atom. The molecular weight excluding hydrogens is 270 g/mol. The Morgan fingerprint density at radius 2 is 2.35 bits per heavy atom. The van der Waals surface area contributed by atoms with Gasteiger partial charge in [-0.05, 0) is 12.8 Å². The van der Waals surface area contributed by atoms with Crippen LogP contribution in [0.1, 0.15) is 43.3 Å². The van der Waals surface area contributed by atoms with Crippen LogP contribution in [-0.2, 0) is 11.3 Å². The molecule has 2 heterocycles. The monoisotopic (exact) mass is 295 g/mol. The lowest BCUT2D eigenvalue weighted by Gasteiger charge is -2.33. The van der Waals surface area contributed by atoms with E-state index in [1.807, 2.05) is 0 Å². The van der Waals surface area contributed by atoms with E-state index in [1.165, 1.54) is 17.8 Å². The van der Waals surface area contributed by atoms with Gasteiger partial charge in [0.1, 0.15) is 0 Å². The molecule has 0 aromatic carbocycles. The summed E-state index contributed by atoms with van der Waals surface area (Å²) in [6.45, 7) is 9.26. The number of thiazole rings is 1. The Balaban J connectivity index is 1.40. The minimum absolute atomic E-state index is 0.340. The van der Waals surface area contributed by atoms with Gasteiger partial charge in [0.15, 0.2) is 0 Å². The van der Waals surface area contributed by atoms with Crippen LogP contribution in [-0.4, -0.2) is 48.3 Å². The SMILES string of the molecule is CC(C)c1nc(CNC[C@@H]2CN(C3CC3)CCO2)cs1. The van der Waals surface area contributed by atoms with Crippen molar-refractivity contribution < 1.29 is 4.74 Å². The quantitative estimate of drug-likeness (QED) is 0.873. The molecule has 1 saturated heterocycles. The van der Waals surface area contributed by atoms with Crippen LogP contribution in [0.3, 0.4) is 0 Å². The molecule has 1 aromatic rings. The number of ether oxygens (including phenoxy) is 1. The topological polar surface area (TPSA) is 37.4 Å². The van der Waals surface area contributed by atoms with Crippen LogP contribution in [0.15, 0.2) is 5.38 Å². The van der Waals surface area contributed by atoms with Gasteiger partial charge in [0.25, 0.3) is 0 Å². The van der Waals surface area contributed by atoms with Crippen molar-refractivity contribution in [2.45, 2.75) is 51.3 Å². The number of hydrogen-bond donors (Lipinski definition) is 1. The third-order valence-corrected chi connectivity index (χ3v) is 5.17. The van der Waals surface area contributed by atoms with E-state index >= 15 is 0 Å². The van der Waals surface area contributed by atoms with E-state index in [1.54, 1.807) is 11.3 Å². The molecule has 2 fully saturated rings. The summed E-state index contributed by atoms with van der Waals surface area (Å²) in [4.78, 5) is 7.24. The van der Waals surface area contributed by atoms with E-state index in [0.29, 0.717) is 12.0 Å². The first kappa shape index (κ1) is 14.4. The van der Waals surface area contributed by atoms with Crippen molar-refractivity contribution in [3.8, 4) is 0 Å². The first-order chi connectivity index (χ1) is 9.72. The molecular formula is C15H25N3OS. The Labute approximate surface area is 125 Å². The fourth-order valence-corrected chi connectivity index (χ4v) is 3.50. The third kappa shape index (κ3) is 3.79. The molecule has 4 nitrogen and oxygen atoms in total. The lowest BCUT2D eigenvalue weighted by molar-refractivity contribution is -0.0301. The van der Waals surface area contributed by atoms with Crippen LogP contribution >= 0.6 is 11.3 Å². The predicted octanol–water partition coefficient (Wildman–Crippen LogP) is 2.22. The summed E-state index contributed by atoms with van der Waals surface area (Å²) < 4.78 is 5.85. The molecule has 3 rings (SSSR count). The standard InChI is InChI=1S/C15H25N3OS/c1-11(2)15-17-12(10-20-15)7-16-8-14-9-18(5-6-19-14)13-3-4-13/h10-11,13-14,16H,3-9H2,1-2H3/t14-/m1/s1. The summed E-state index contributed by atoms with van der Waals surface area (Å²) in [7, 11) is 0. The molecule has 1 N–H and O–H groups in total. The van der Waals surface area contributed by atoms with Crippen LogP contribution in [0.5, 0.6) is 0 Å². The first-order valence-corrected chi connectivity index (χ1v) is 8.61. The summed E-state index contributed by atoms with van der Waals surface area (Å²) in [5.74, 6) is 0.530. The molecule has 1 aromatic heterocycles. The molecule has 1 aliphatic heterocycles. The molecule has 0 radical (unpaired) electrons. The molecule has 20 heavy (non-hydrogen) atoms. The maximum atomic E-state index is 5.85. The van der Waals surface area contributed by atoms with E-state index in [0.717, 1.165) is 44.5 Å². The van der Waals surface area contributed by atoms with Gasteiger partial charge in [-0.1, -0.05) is 13.8 Å². The lowest BCUT2D eigenvalue weighted by atomic mass is 10.2. The Morgan fingerprint density at radius 1 is 1.50 bits per heavy atom. The number of nitrogens with one attached hydrogen (secondary N) is 1. The van der Waals surface area contributed by atoms with Crippen molar-refractivity contribution in [3.05, 3.63) is 16.1 Å². The number of nitrogens with zero attached hydrogens (tertiary/aromatic N) is 2. The van der Waals surface area contributed by atoms with Gasteiger partial charge in [0.2, 0.25) is 0 Å². The van der Waals surface area contributed by atoms with E-state index in [4.69, 9.17) is 4.74 Å². The molecule has 1 atom stereocenters. The van der Waals surface area contributed by atoms with Crippen molar-refractivity contribution in [3.63, 3.8) is 0 Å². The van der Waals surface area contributed by atoms with Crippen molar-refractivity contribution in [1.82, 2.24) is 15.2 Å². The second-order valence-corrected chi connectivity index (χ2v) is 7.07. The van der Waals surface area contributed by atoms with Crippen molar-refractivity contribution in [1.29, 1.82) is 0 Å². The number of aromatic nitrogens is 1. The summed E-state index contributed by atoms with van der Waals surface area (Å²) in [6.07, 6.45) is 3.11. The maximum Gasteiger partial charge on any atom is 0.0954 e. The molecule has 1 aliphatic carbocycles. The minimum atomic E-state index is 0.340. The van der Waals surface area contributed by atoms with Crippen molar-refractivity contribution >= 4 is 11.3 Å². The summed E-state index contributed by atoms with van der Waals surface area (Å²) in [5.41, 5.74) is 1.16. The van der Waals surface area contributed by atoms with Gasteiger partial charge in [-0.2, -0.15) is 0 Å². The van der Waals surface area contributed by atoms with Gasteiger partial charge in [-0.15, -0.1) is 11.3 Å². The summed E-state index contributed by atoms with van der Waals surface area (Å²) in [6, 6.07) is 0.855. The first-order valence-electron chi connectivity index (χ1n) is 7.73. The second kappa shape index (κ2) is 6.52.